The summed E-state index contributed by atoms with van der Waals surface area (Å²) in [6.07, 6.45) is 0. The number of hydrogen-bond acceptors (Lipinski definition) is 3. The molecule has 0 radical (unpaired) electrons. The van der Waals surface area contributed by atoms with Gasteiger partial charge < -0.3 is 0 Å². The highest BCUT2D eigenvalue weighted by Crippen LogP contribution is 2.15. The minimum absolute atomic E-state index is 0.109. The average molecular weight is 345 g/mol. The maximum absolute atomic E-state index is 12.3. The topological polar surface area (TPSA) is 73.1 Å². The van der Waals surface area contributed by atoms with Crippen molar-refractivity contribution in [1.29, 1.82) is 0 Å². The normalized spacial score (nSPS) is 12.0. The highest BCUT2D eigenvalue weighted by Gasteiger charge is 2.14. The molecule has 0 saturated carbocycles. The van der Waals surface area contributed by atoms with E-state index in [9.17, 15) is 13.2 Å². The molecule has 1 aromatic heterocycles. The average Bonchev–Trinajstić information content (AvgIpc) is 2.78. The predicted octanol–water partition coefficient (Wildman–Crippen LogP) is 1.66. The Labute approximate surface area is 140 Å². The van der Waals surface area contributed by atoms with Crippen LogP contribution in [0.3, 0.4) is 0 Å². The van der Waals surface area contributed by atoms with E-state index >= 15 is 0 Å². The number of hydrogen-bond donors (Lipinski definition) is 1. The number of aryl methyl sites for hydroxylation is 3. The third kappa shape index (κ3) is 2.88. The SMILES string of the molecule is Cc1ccc(S(=O)(=O)NCc2ccc3c(c2)n(C)c(=O)n3C)cc1. The third-order valence-electron chi connectivity index (χ3n) is 4.13. The number of rotatable bonds is 4. The molecule has 0 aliphatic rings. The monoisotopic (exact) mass is 345 g/mol. The molecule has 0 aliphatic carbocycles. The molecular formula is C17H19N3O3S. The van der Waals surface area contributed by atoms with Crippen LogP contribution in [0.4, 0.5) is 0 Å². The summed E-state index contributed by atoms with van der Waals surface area (Å²) in [5, 5.41) is 0. The molecule has 3 aromatic rings. The van der Waals surface area contributed by atoms with Crippen LogP contribution >= 0.6 is 0 Å². The first-order valence-corrected chi connectivity index (χ1v) is 8.98. The lowest BCUT2D eigenvalue weighted by Gasteiger charge is -2.08. The number of sulfonamides is 1. The van der Waals surface area contributed by atoms with Crippen molar-refractivity contribution >= 4 is 21.1 Å². The van der Waals surface area contributed by atoms with E-state index in [0.717, 1.165) is 22.2 Å². The van der Waals surface area contributed by atoms with E-state index in [1.165, 1.54) is 0 Å². The molecule has 0 amide bonds. The molecule has 1 N–H and O–H groups in total. The zero-order chi connectivity index (χ0) is 17.5. The second-order valence-electron chi connectivity index (χ2n) is 5.86. The van der Waals surface area contributed by atoms with Gasteiger partial charge in [0.2, 0.25) is 10.0 Å². The lowest BCUT2D eigenvalue weighted by molar-refractivity contribution is 0.581. The Bertz CT molecular complexity index is 1060. The van der Waals surface area contributed by atoms with Gasteiger partial charge in [-0.1, -0.05) is 23.8 Å². The smallest absolute Gasteiger partial charge is 0.295 e. The summed E-state index contributed by atoms with van der Waals surface area (Å²) in [5.41, 5.74) is 3.27. The van der Waals surface area contributed by atoms with E-state index in [4.69, 9.17) is 0 Å². The Morgan fingerprint density at radius 3 is 2.25 bits per heavy atom. The first kappa shape index (κ1) is 16.5. The zero-order valence-corrected chi connectivity index (χ0v) is 14.6. The Morgan fingerprint density at radius 1 is 0.958 bits per heavy atom. The summed E-state index contributed by atoms with van der Waals surface area (Å²) >= 11 is 0. The highest BCUT2D eigenvalue weighted by atomic mass is 32.2. The van der Waals surface area contributed by atoms with E-state index in [-0.39, 0.29) is 17.1 Å². The minimum Gasteiger partial charge on any atom is -0.295 e. The maximum atomic E-state index is 12.3. The first-order chi connectivity index (χ1) is 11.3. The van der Waals surface area contributed by atoms with Crippen LogP contribution < -0.4 is 10.4 Å². The fourth-order valence-electron chi connectivity index (χ4n) is 2.64. The second kappa shape index (κ2) is 5.92. The van der Waals surface area contributed by atoms with E-state index in [2.05, 4.69) is 4.72 Å². The number of fused-ring (bicyclic) bond motifs is 1. The van der Waals surface area contributed by atoms with E-state index < -0.39 is 10.0 Å². The van der Waals surface area contributed by atoms with Crippen molar-refractivity contribution in [2.24, 2.45) is 14.1 Å². The Balaban J connectivity index is 1.86. The summed E-state index contributed by atoms with van der Waals surface area (Å²) < 4.78 is 30.4. The largest absolute Gasteiger partial charge is 0.328 e. The molecule has 0 spiro atoms. The number of nitrogens with zero attached hydrogens (tertiary/aromatic N) is 2. The predicted molar refractivity (Wildman–Crippen MR) is 93.4 cm³/mol. The minimum atomic E-state index is -3.57. The van der Waals surface area contributed by atoms with Gasteiger partial charge in [0.05, 0.1) is 15.9 Å². The lowest BCUT2D eigenvalue weighted by Crippen LogP contribution is -2.23. The fourth-order valence-corrected chi connectivity index (χ4v) is 3.66. The van der Waals surface area contributed by atoms with Gasteiger partial charge in [0, 0.05) is 20.6 Å². The molecular weight excluding hydrogens is 326 g/mol. The van der Waals surface area contributed by atoms with Crippen LogP contribution in [-0.2, 0) is 30.7 Å². The van der Waals surface area contributed by atoms with E-state index in [1.54, 1.807) is 47.5 Å². The molecule has 0 saturated heterocycles. The molecule has 0 atom stereocenters. The van der Waals surface area contributed by atoms with Gasteiger partial charge in [-0.3, -0.25) is 9.13 Å². The van der Waals surface area contributed by atoms with Gasteiger partial charge in [-0.25, -0.2) is 17.9 Å². The second-order valence-corrected chi connectivity index (χ2v) is 7.63. The molecule has 126 valence electrons. The fraction of sp³-hybridized carbons (Fsp3) is 0.235. The molecule has 0 fully saturated rings. The number of nitrogens with one attached hydrogen (secondary N) is 1. The van der Waals surface area contributed by atoms with Crippen LogP contribution in [0.25, 0.3) is 11.0 Å². The Hall–Kier alpha value is -2.38. The van der Waals surface area contributed by atoms with Gasteiger partial charge in [-0.05, 0) is 36.8 Å². The van der Waals surface area contributed by atoms with Gasteiger partial charge in [-0.15, -0.1) is 0 Å². The molecule has 7 heteroatoms. The number of imidazole rings is 1. The van der Waals surface area contributed by atoms with Crippen LogP contribution in [0.2, 0.25) is 0 Å². The van der Waals surface area contributed by atoms with Crippen molar-refractivity contribution in [3.05, 3.63) is 64.1 Å². The third-order valence-corrected chi connectivity index (χ3v) is 5.55. The van der Waals surface area contributed by atoms with Gasteiger partial charge in [0.15, 0.2) is 0 Å². The standard InChI is InChI=1S/C17H19N3O3S/c1-12-4-7-14(8-5-12)24(22,23)18-11-13-6-9-15-16(10-13)20(3)17(21)19(15)2/h4-10,18H,11H2,1-3H3. The quantitative estimate of drug-likeness (QED) is 0.782. The summed E-state index contributed by atoms with van der Waals surface area (Å²) in [4.78, 5) is 12.2. The van der Waals surface area contributed by atoms with Gasteiger partial charge in [-0.2, -0.15) is 0 Å². The van der Waals surface area contributed by atoms with Crippen molar-refractivity contribution in [2.45, 2.75) is 18.4 Å². The number of aromatic nitrogens is 2. The van der Waals surface area contributed by atoms with Crippen molar-refractivity contribution in [2.75, 3.05) is 0 Å². The van der Waals surface area contributed by atoms with Crippen LogP contribution in [-0.4, -0.2) is 17.6 Å². The summed E-state index contributed by atoms with van der Waals surface area (Å²) in [6.45, 7) is 2.07. The van der Waals surface area contributed by atoms with Crippen molar-refractivity contribution in [3.63, 3.8) is 0 Å². The van der Waals surface area contributed by atoms with Crippen LogP contribution in [0, 0.1) is 6.92 Å². The van der Waals surface area contributed by atoms with Crippen LogP contribution in [0.15, 0.2) is 52.2 Å². The van der Waals surface area contributed by atoms with Crippen LogP contribution in [0.5, 0.6) is 0 Å². The lowest BCUT2D eigenvalue weighted by atomic mass is 10.2. The van der Waals surface area contributed by atoms with E-state index in [0.29, 0.717) is 0 Å². The molecule has 0 unspecified atom stereocenters. The molecule has 2 aromatic carbocycles. The van der Waals surface area contributed by atoms with E-state index in [1.807, 2.05) is 25.1 Å². The molecule has 3 rings (SSSR count). The van der Waals surface area contributed by atoms with Gasteiger partial charge in [0.1, 0.15) is 0 Å². The highest BCUT2D eigenvalue weighted by molar-refractivity contribution is 7.89. The molecule has 24 heavy (non-hydrogen) atoms. The molecule has 1 heterocycles. The Kier molecular flexibility index (Phi) is 4.06. The summed E-state index contributed by atoms with van der Waals surface area (Å²) in [5.74, 6) is 0. The van der Waals surface area contributed by atoms with Crippen LogP contribution in [0.1, 0.15) is 11.1 Å². The summed E-state index contributed by atoms with van der Waals surface area (Å²) in [6, 6.07) is 12.2. The van der Waals surface area contributed by atoms with Crippen molar-refractivity contribution in [1.82, 2.24) is 13.9 Å². The molecule has 0 bridgehead atoms. The number of benzene rings is 2. The Morgan fingerprint density at radius 2 is 1.58 bits per heavy atom. The first-order valence-electron chi connectivity index (χ1n) is 7.50. The van der Waals surface area contributed by atoms with Gasteiger partial charge in [0.25, 0.3) is 0 Å². The van der Waals surface area contributed by atoms with Crippen molar-refractivity contribution < 1.29 is 8.42 Å². The maximum Gasteiger partial charge on any atom is 0.328 e. The summed E-state index contributed by atoms with van der Waals surface area (Å²) in [7, 11) is -0.153. The molecule has 0 aliphatic heterocycles. The van der Waals surface area contributed by atoms with Crippen molar-refractivity contribution in [3.8, 4) is 0 Å². The van der Waals surface area contributed by atoms with Gasteiger partial charge >= 0.3 is 5.69 Å². The molecule has 6 nitrogen and oxygen atoms in total. The zero-order valence-electron chi connectivity index (χ0n) is 13.8.